The molecule has 0 radical (unpaired) electrons. The lowest BCUT2D eigenvalue weighted by Gasteiger charge is -2.02. The van der Waals surface area contributed by atoms with E-state index in [0.717, 1.165) is 18.4 Å². The second kappa shape index (κ2) is 7.18. The van der Waals surface area contributed by atoms with E-state index in [2.05, 4.69) is 19.1 Å². The Morgan fingerprint density at radius 3 is 2.38 bits per heavy atom. The first kappa shape index (κ1) is 12.9. The molecule has 0 bridgehead atoms. The molecule has 0 heterocycles. The lowest BCUT2D eigenvalue weighted by molar-refractivity contribution is -0.118. The maximum absolute atomic E-state index is 11.6. The zero-order valence-electron chi connectivity index (χ0n) is 10.2. The lowest BCUT2D eigenvalue weighted by Crippen LogP contribution is -2.04. The number of carbonyl (C=O) groups excluding carboxylic acids is 1. The van der Waals surface area contributed by atoms with E-state index in [0.29, 0.717) is 25.2 Å². The number of hydrogen-bond donors (Lipinski definition) is 0. The van der Waals surface area contributed by atoms with Crippen molar-refractivity contribution in [1.82, 2.24) is 0 Å². The highest BCUT2D eigenvalue weighted by atomic mass is 16.5. The molecule has 0 saturated carbocycles. The second-order valence-corrected chi connectivity index (χ2v) is 3.98. The predicted octanol–water partition coefficient (Wildman–Crippen LogP) is 2.79. The fourth-order valence-electron chi connectivity index (χ4n) is 1.62. The Morgan fingerprint density at radius 1 is 1.19 bits per heavy atom. The van der Waals surface area contributed by atoms with Crippen LogP contribution in [0.1, 0.15) is 30.9 Å². The third-order valence-electron chi connectivity index (χ3n) is 2.64. The summed E-state index contributed by atoms with van der Waals surface area (Å²) in [6.45, 7) is 2.80. The monoisotopic (exact) mass is 220 g/mol. The van der Waals surface area contributed by atoms with Crippen molar-refractivity contribution in [1.29, 1.82) is 0 Å². The van der Waals surface area contributed by atoms with Gasteiger partial charge in [-0.15, -0.1) is 0 Å². The molecule has 16 heavy (non-hydrogen) atoms. The van der Waals surface area contributed by atoms with E-state index in [4.69, 9.17) is 4.74 Å². The number of rotatable bonds is 7. The smallest absolute Gasteiger partial charge is 0.137 e. The SMILES string of the molecule is CCc1ccc(CC(=O)CCCOC)cc1. The highest BCUT2D eigenvalue weighted by Crippen LogP contribution is 2.07. The third-order valence-corrected chi connectivity index (χ3v) is 2.64. The molecule has 1 rings (SSSR count). The molecule has 0 aromatic heterocycles. The van der Waals surface area contributed by atoms with Crippen molar-refractivity contribution in [2.24, 2.45) is 0 Å². The van der Waals surface area contributed by atoms with E-state index in [9.17, 15) is 4.79 Å². The molecule has 0 spiro atoms. The van der Waals surface area contributed by atoms with Gasteiger partial charge in [0.25, 0.3) is 0 Å². The molecule has 0 unspecified atom stereocenters. The van der Waals surface area contributed by atoms with E-state index in [1.54, 1.807) is 7.11 Å². The Bertz CT molecular complexity index is 314. The van der Waals surface area contributed by atoms with Gasteiger partial charge in [-0.1, -0.05) is 31.2 Å². The molecule has 0 fully saturated rings. The van der Waals surface area contributed by atoms with Gasteiger partial charge in [-0.25, -0.2) is 0 Å². The molecule has 0 aliphatic heterocycles. The van der Waals surface area contributed by atoms with Crippen LogP contribution in [0.4, 0.5) is 0 Å². The molecule has 2 heteroatoms. The van der Waals surface area contributed by atoms with Crippen molar-refractivity contribution < 1.29 is 9.53 Å². The summed E-state index contributed by atoms with van der Waals surface area (Å²) in [7, 11) is 1.66. The Balaban J connectivity index is 2.37. The van der Waals surface area contributed by atoms with Crippen molar-refractivity contribution >= 4 is 5.78 Å². The summed E-state index contributed by atoms with van der Waals surface area (Å²) in [4.78, 5) is 11.6. The Hall–Kier alpha value is -1.15. The molecule has 0 N–H and O–H groups in total. The average Bonchev–Trinajstić information content (AvgIpc) is 2.30. The highest BCUT2D eigenvalue weighted by Gasteiger charge is 2.03. The first-order valence-electron chi connectivity index (χ1n) is 5.84. The predicted molar refractivity (Wildman–Crippen MR) is 65.6 cm³/mol. The van der Waals surface area contributed by atoms with Crippen LogP contribution in [0.25, 0.3) is 0 Å². The van der Waals surface area contributed by atoms with Gasteiger partial charge in [0, 0.05) is 26.6 Å². The molecule has 0 aliphatic rings. The summed E-state index contributed by atoms with van der Waals surface area (Å²) in [5, 5.41) is 0. The van der Waals surface area contributed by atoms with Gasteiger partial charge in [0.2, 0.25) is 0 Å². The number of ether oxygens (including phenoxy) is 1. The van der Waals surface area contributed by atoms with Crippen LogP contribution in [0.3, 0.4) is 0 Å². The maximum Gasteiger partial charge on any atom is 0.137 e. The molecule has 0 aliphatic carbocycles. The van der Waals surface area contributed by atoms with Crippen LogP contribution in [0.15, 0.2) is 24.3 Å². The summed E-state index contributed by atoms with van der Waals surface area (Å²) in [6, 6.07) is 8.29. The Kier molecular flexibility index (Phi) is 5.79. The molecule has 2 nitrogen and oxygen atoms in total. The van der Waals surface area contributed by atoms with Gasteiger partial charge >= 0.3 is 0 Å². The summed E-state index contributed by atoms with van der Waals surface area (Å²) in [5.41, 5.74) is 2.43. The van der Waals surface area contributed by atoms with Gasteiger partial charge in [0.1, 0.15) is 5.78 Å². The van der Waals surface area contributed by atoms with Crippen molar-refractivity contribution in [2.45, 2.75) is 32.6 Å². The van der Waals surface area contributed by atoms with Crippen LogP contribution in [0.5, 0.6) is 0 Å². The van der Waals surface area contributed by atoms with Gasteiger partial charge < -0.3 is 4.74 Å². The largest absolute Gasteiger partial charge is 0.385 e. The van der Waals surface area contributed by atoms with E-state index < -0.39 is 0 Å². The van der Waals surface area contributed by atoms with E-state index in [1.165, 1.54) is 5.56 Å². The first-order chi connectivity index (χ1) is 7.76. The van der Waals surface area contributed by atoms with Crippen LogP contribution in [0, 0.1) is 0 Å². The molecular weight excluding hydrogens is 200 g/mol. The van der Waals surface area contributed by atoms with Crippen LogP contribution < -0.4 is 0 Å². The van der Waals surface area contributed by atoms with Gasteiger partial charge in [0.05, 0.1) is 0 Å². The van der Waals surface area contributed by atoms with E-state index in [1.807, 2.05) is 12.1 Å². The standard InChI is InChI=1S/C14H20O2/c1-3-12-6-8-13(9-7-12)11-14(15)5-4-10-16-2/h6-9H,3-5,10-11H2,1-2H3. The molecule has 1 aromatic rings. The highest BCUT2D eigenvalue weighted by molar-refractivity contribution is 5.80. The number of methoxy groups -OCH3 is 1. The summed E-state index contributed by atoms with van der Waals surface area (Å²) in [5.74, 6) is 0.293. The number of carbonyl (C=O) groups is 1. The Labute approximate surface area is 97.6 Å². The normalized spacial score (nSPS) is 10.4. The zero-order valence-corrected chi connectivity index (χ0v) is 10.2. The van der Waals surface area contributed by atoms with Crippen LogP contribution >= 0.6 is 0 Å². The molecule has 0 saturated heterocycles. The minimum absolute atomic E-state index is 0.293. The number of aryl methyl sites for hydroxylation is 1. The summed E-state index contributed by atoms with van der Waals surface area (Å²) < 4.78 is 4.92. The van der Waals surface area contributed by atoms with Crippen molar-refractivity contribution in [3.05, 3.63) is 35.4 Å². The van der Waals surface area contributed by atoms with E-state index >= 15 is 0 Å². The Morgan fingerprint density at radius 2 is 1.81 bits per heavy atom. The summed E-state index contributed by atoms with van der Waals surface area (Å²) >= 11 is 0. The fraction of sp³-hybridized carbons (Fsp3) is 0.500. The topological polar surface area (TPSA) is 26.3 Å². The average molecular weight is 220 g/mol. The molecule has 0 amide bonds. The van der Waals surface area contributed by atoms with Crippen molar-refractivity contribution in [3.8, 4) is 0 Å². The molecule has 1 aromatic carbocycles. The van der Waals surface area contributed by atoms with Crippen LogP contribution in [-0.4, -0.2) is 19.5 Å². The van der Waals surface area contributed by atoms with Crippen molar-refractivity contribution in [2.75, 3.05) is 13.7 Å². The lowest BCUT2D eigenvalue weighted by atomic mass is 10.0. The van der Waals surface area contributed by atoms with Crippen LogP contribution in [-0.2, 0) is 22.4 Å². The fourth-order valence-corrected chi connectivity index (χ4v) is 1.62. The van der Waals surface area contributed by atoms with Gasteiger partial charge in [0.15, 0.2) is 0 Å². The van der Waals surface area contributed by atoms with Crippen molar-refractivity contribution in [3.63, 3.8) is 0 Å². The minimum Gasteiger partial charge on any atom is -0.385 e. The first-order valence-corrected chi connectivity index (χ1v) is 5.84. The second-order valence-electron chi connectivity index (χ2n) is 3.98. The molecular formula is C14H20O2. The molecule has 0 atom stereocenters. The quantitative estimate of drug-likeness (QED) is 0.660. The zero-order chi connectivity index (χ0) is 11.8. The maximum atomic E-state index is 11.6. The number of hydrogen-bond acceptors (Lipinski definition) is 2. The van der Waals surface area contributed by atoms with Gasteiger partial charge in [-0.3, -0.25) is 4.79 Å². The number of ketones is 1. The van der Waals surface area contributed by atoms with E-state index in [-0.39, 0.29) is 0 Å². The van der Waals surface area contributed by atoms with Gasteiger partial charge in [-0.2, -0.15) is 0 Å². The number of Topliss-reactive ketones (excluding diaryl/α,β-unsaturated/α-hetero) is 1. The van der Waals surface area contributed by atoms with Crippen LogP contribution in [0.2, 0.25) is 0 Å². The van der Waals surface area contributed by atoms with Gasteiger partial charge in [-0.05, 0) is 24.0 Å². The summed E-state index contributed by atoms with van der Waals surface area (Å²) in [6.07, 6.45) is 3.03. The minimum atomic E-state index is 0.293. The number of benzene rings is 1. The molecule has 88 valence electrons. The third kappa shape index (κ3) is 4.58.